The molecule has 72 valence electrons. The minimum Gasteiger partial charge on any atom is -0.375 e. The SMILES string of the molecule is CCOC1(CC)CCC(N)CC1. The van der Waals surface area contributed by atoms with Crippen molar-refractivity contribution in [2.24, 2.45) is 5.73 Å². The van der Waals surface area contributed by atoms with E-state index in [0.29, 0.717) is 6.04 Å². The molecule has 1 saturated carbocycles. The Balaban J connectivity index is 2.45. The van der Waals surface area contributed by atoms with Gasteiger partial charge in [0.15, 0.2) is 0 Å². The number of nitrogens with two attached hydrogens (primary N) is 1. The Morgan fingerprint density at radius 1 is 1.33 bits per heavy atom. The number of rotatable bonds is 3. The monoisotopic (exact) mass is 171 g/mol. The van der Waals surface area contributed by atoms with E-state index in [0.717, 1.165) is 38.7 Å². The maximum absolute atomic E-state index is 5.85. The van der Waals surface area contributed by atoms with Crippen LogP contribution in [0.3, 0.4) is 0 Å². The molecule has 1 aliphatic carbocycles. The van der Waals surface area contributed by atoms with E-state index in [1.54, 1.807) is 0 Å². The minimum atomic E-state index is 0.171. The van der Waals surface area contributed by atoms with E-state index in [-0.39, 0.29) is 5.60 Å². The number of hydrogen-bond donors (Lipinski definition) is 1. The Bertz CT molecular complexity index is 128. The predicted octanol–water partition coefficient (Wildman–Crippen LogP) is 2.07. The van der Waals surface area contributed by atoms with Crippen LogP contribution in [0.1, 0.15) is 46.0 Å². The van der Waals surface area contributed by atoms with Gasteiger partial charge in [-0.1, -0.05) is 6.92 Å². The first-order chi connectivity index (χ1) is 5.72. The van der Waals surface area contributed by atoms with E-state index >= 15 is 0 Å². The number of ether oxygens (including phenoxy) is 1. The summed E-state index contributed by atoms with van der Waals surface area (Å²) in [5.74, 6) is 0. The van der Waals surface area contributed by atoms with Gasteiger partial charge in [0.25, 0.3) is 0 Å². The van der Waals surface area contributed by atoms with Gasteiger partial charge >= 0.3 is 0 Å². The van der Waals surface area contributed by atoms with Gasteiger partial charge in [-0.05, 0) is 39.0 Å². The Morgan fingerprint density at radius 2 is 1.92 bits per heavy atom. The maximum atomic E-state index is 5.85. The van der Waals surface area contributed by atoms with Gasteiger partial charge in [0.1, 0.15) is 0 Å². The summed E-state index contributed by atoms with van der Waals surface area (Å²) in [6.07, 6.45) is 5.70. The molecule has 1 fully saturated rings. The van der Waals surface area contributed by atoms with Crippen molar-refractivity contribution in [3.8, 4) is 0 Å². The molecule has 0 heterocycles. The molecular weight excluding hydrogens is 150 g/mol. The second-order valence-corrected chi connectivity index (χ2v) is 3.81. The quantitative estimate of drug-likeness (QED) is 0.705. The molecule has 0 aromatic carbocycles. The lowest BCUT2D eigenvalue weighted by Crippen LogP contribution is -2.40. The second kappa shape index (κ2) is 4.24. The molecule has 12 heavy (non-hydrogen) atoms. The highest BCUT2D eigenvalue weighted by Crippen LogP contribution is 2.33. The third-order valence-corrected chi connectivity index (χ3v) is 3.04. The van der Waals surface area contributed by atoms with Crippen molar-refractivity contribution < 1.29 is 4.74 Å². The number of hydrogen-bond acceptors (Lipinski definition) is 2. The van der Waals surface area contributed by atoms with E-state index < -0.39 is 0 Å². The zero-order valence-electron chi connectivity index (χ0n) is 8.31. The molecule has 1 rings (SSSR count). The topological polar surface area (TPSA) is 35.2 Å². The molecule has 0 amide bonds. The summed E-state index contributed by atoms with van der Waals surface area (Å²) in [6, 6.07) is 0.421. The van der Waals surface area contributed by atoms with Crippen molar-refractivity contribution in [3.63, 3.8) is 0 Å². The molecule has 0 radical (unpaired) electrons. The summed E-state index contributed by atoms with van der Waals surface area (Å²) in [4.78, 5) is 0. The largest absolute Gasteiger partial charge is 0.375 e. The van der Waals surface area contributed by atoms with E-state index in [4.69, 9.17) is 10.5 Å². The fraction of sp³-hybridized carbons (Fsp3) is 1.00. The van der Waals surface area contributed by atoms with Crippen molar-refractivity contribution in [2.45, 2.75) is 57.6 Å². The van der Waals surface area contributed by atoms with Gasteiger partial charge in [-0.2, -0.15) is 0 Å². The van der Waals surface area contributed by atoms with Crippen LogP contribution in [0.25, 0.3) is 0 Å². The molecule has 2 heteroatoms. The Hall–Kier alpha value is -0.0800. The Morgan fingerprint density at radius 3 is 2.33 bits per heavy atom. The molecule has 0 atom stereocenters. The minimum absolute atomic E-state index is 0.171. The van der Waals surface area contributed by atoms with Crippen LogP contribution in [0.2, 0.25) is 0 Å². The van der Waals surface area contributed by atoms with Crippen LogP contribution >= 0.6 is 0 Å². The lowest BCUT2D eigenvalue weighted by molar-refractivity contribution is -0.0695. The van der Waals surface area contributed by atoms with Crippen LogP contribution in [-0.4, -0.2) is 18.2 Å². The van der Waals surface area contributed by atoms with Crippen molar-refractivity contribution >= 4 is 0 Å². The molecule has 0 aromatic heterocycles. The van der Waals surface area contributed by atoms with Crippen LogP contribution in [0.5, 0.6) is 0 Å². The molecule has 0 saturated heterocycles. The lowest BCUT2D eigenvalue weighted by Gasteiger charge is -2.38. The Kier molecular flexibility index (Phi) is 3.53. The van der Waals surface area contributed by atoms with Crippen LogP contribution in [0, 0.1) is 0 Å². The van der Waals surface area contributed by atoms with Crippen molar-refractivity contribution in [1.82, 2.24) is 0 Å². The average molecular weight is 171 g/mol. The highest BCUT2D eigenvalue weighted by atomic mass is 16.5. The summed E-state index contributed by atoms with van der Waals surface area (Å²) in [5, 5.41) is 0. The summed E-state index contributed by atoms with van der Waals surface area (Å²) in [5.41, 5.74) is 6.02. The second-order valence-electron chi connectivity index (χ2n) is 3.81. The summed E-state index contributed by atoms with van der Waals surface area (Å²) < 4.78 is 5.81. The smallest absolute Gasteiger partial charge is 0.0681 e. The average Bonchev–Trinajstić information content (AvgIpc) is 2.10. The maximum Gasteiger partial charge on any atom is 0.0681 e. The van der Waals surface area contributed by atoms with E-state index in [9.17, 15) is 0 Å². The first-order valence-corrected chi connectivity index (χ1v) is 5.12. The van der Waals surface area contributed by atoms with E-state index in [2.05, 4.69) is 13.8 Å². The van der Waals surface area contributed by atoms with Gasteiger partial charge < -0.3 is 10.5 Å². The fourth-order valence-electron chi connectivity index (χ4n) is 2.07. The first kappa shape index (κ1) is 10.0. The predicted molar refractivity (Wildman–Crippen MR) is 51.1 cm³/mol. The van der Waals surface area contributed by atoms with Gasteiger partial charge in [-0.25, -0.2) is 0 Å². The van der Waals surface area contributed by atoms with E-state index in [1.165, 1.54) is 0 Å². The molecule has 0 bridgehead atoms. The summed E-state index contributed by atoms with van der Waals surface area (Å²) in [7, 11) is 0. The molecule has 0 spiro atoms. The van der Waals surface area contributed by atoms with Crippen LogP contribution in [-0.2, 0) is 4.74 Å². The van der Waals surface area contributed by atoms with Crippen LogP contribution in [0.15, 0.2) is 0 Å². The van der Waals surface area contributed by atoms with Crippen molar-refractivity contribution in [1.29, 1.82) is 0 Å². The third-order valence-electron chi connectivity index (χ3n) is 3.04. The molecule has 1 aliphatic rings. The highest BCUT2D eigenvalue weighted by Gasteiger charge is 2.32. The fourth-order valence-corrected chi connectivity index (χ4v) is 2.07. The van der Waals surface area contributed by atoms with Gasteiger partial charge in [0.05, 0.1) is 5.60 Å². The van der Waals surface area contributed by atoms with Gasteiger partial charge in [0, 0.05) is 12.6 Å². The standard InChI is InChI=1S/C10H21NO/c1-3-10(12-4-2)7-5-9(11)6-8-10/h9H,3-8,11H2,1-2H3. The van der Waals surface area contributed by atoms with Crippen molar-refractivity contribution in [3.05, 3.63) is 0 Å². The van der Waals surface area contributed by atoms with Crippen LogP contribution < -0.4 is 5.73 Å². The van der Waals surface area contributed by atoms with Crippen LogP contribution in [0.4, 0.5) is 0 Å². The molecule has 2 N–H and O–H groups in total. The molecule has 0 aliphatic heterocycles. The summed E-state index contributed by atoms with van der Waals surface area (Å²) in [6.45, 7) is 5.13. The molecular formula is C10H21NO. The van der Waals surface area contributed by atoms with Crippen molar-refractivity contribution in [2.75, 3.05) is 6.61 Å². The normalized spacial score (nSPS) is 36.8. The van der Waals surface area contributed by atoms with Gasteiger partial charge in [-0.3, -0.25) is 0 Å². The molecule has 2 nitrogen and oxygen atoms in total. The Labute approximate surface area is 75.5 Å². The molecule has 0 unspecified atom stereocenters. The first-order valence-electron chi connectivity index (χ1n) is 5.12. The lowest BCUT2D eigenvalue weighted by atomic mass is 9.80. The third kappa shape index (κ3) is 2.20. The summed E-state index contributed by atoms with van der Waals surface area (Å²) >= 11 is 0. The zero-order chi connectivity index (χ0) is 9.03. The van der Waals surface area contributed by atoms with Gasteiger partial charge in [-0.15, -0.1) is 0 Å². The highest BCUT2D eigenvalue weighted by molar-refractivity contribution is 4.87. The van der Waals surface area contributed by atoms with E-state index in [1.807, 2.05) is 0 Å². The molecule has 0 aromatic rings. The zero-order valence-corrected chi connectivity index (χ0v) is 8.31. The van der Waals surface area contributed by atoms with Gasteiger partial charge in [0.2, 0.25) is 0 Å².